The average Bonchev–Trinajstić information content (AvgIpc) is 2.97. The van der Waals surface area contributed by atoms with Gasteiger partial charge in [-0.15, -0.1) is 12.4 Å². The maximum Gasteiger partial charge on any atom is 0.262 e. The van der Waals surface area contributed by atoms with Gasteiger partial charge in [0.2, 0.25) is 5.91 Å². The van der Waals surface area contributed by atoms with Gasteiger partial charge in [-0.25, -0.2) is 13.4 Å². The van der Waals surface area contributed by atoms with Gasteiger partial charge in [-0.3, -0.25) is 4.79 Å². The van der Waals surface area contributed by atoms with E-state index in [2.05, 4.69) is 22.5 Å². The number of hydrogen-bond donors (Lipinski definition) is 2. The van der Waals surface area contributed by atoms with E-state index in [0.717, 1.165) is 19.5 Å². The van der Waals surface area contributed by atoms with Crippen LogP contribution in [0.3, 0.4) is 0 Å². The summed E-state index contributed by atoms with van der Waals surface area (Å²) in [6.45, 7) is 6.45. The molecule has 154 valence electrons. The minimum Gasteiger partial charge on any atom is -0.352 e. The molecule has 0 aliphatic carbocycles. The van der Waals surface area contributed by atoms with Gasteiger partial charge in [0.1, 0.15) is 5.82 Å². The number of sulfonamides is 1. The lowest BCUT2D eigenvalue weighted by Crippen LogP contribution is -2.52. The van der Waals surface area contributed by atoms with Crippen LogP contribution in [0.4, 0.5) is 0 Å². The zero-order chi connectivity index (χ0) is 18.9. The molecule has 0 radical (unpaired) electrons. The topological polar surface area (TPSA) is 96.3 Å². The third-order valence-corrected chi connectivity index (χ3v) is 7.44. The molecule has 0 saturated carbocycles. The third kappa shape index (κ3) is 4.82. The summed E-state index contributed by atoms with van der Waals surface area (Å²) in [5.74, 6) is 1.05. The van der Waals surface area contributed by atoms with Crippen molar-refractivity contribution in [3.05, 3.63) is 12.0 Å². The molecule has 0 aromatic carbocycles. The van der Waals surface area contributed by atoms with Crippen LogP contribution in [0.1, 0.15) is 32.0 Å². The zero-order valence-corrected chi connectivity index (χ0v) is 17.8. The van der Waals surface area contributed by atoms with Crippen molar-refractivity contribution >= 4 is 28.3 Å². The van der Waals surface area contributed by atoms with Crippen molar-refractivity contribution in [3.8, 4) is 0 Å². The number of imidazole rings is 1. The number of nitrogens with one attached hydrogen (secondary N) is 2. The Bertz CT molecular complexity index is 739. The molecule has 2 aliphatic heterocycles. The van der Waals surface area contributed by atoms with Crippen molar-refractivity contribution < 1.29 is 13.2 Å². The molecule has 1 aromatic heterocycles. The van der Waals surface area contributed by atoms with Crippen LogP contribution in [-0.4, -0.2) is 60.4 Å². The number of hydrogen-bond acceptors (Lipinski definition) is 5. The molecule has 3 heterocycles. The minimum atomic E-state index is -3.59. The number of aryl methyl sites for hydroxylation is 2. The number of aromatic nitrogens is 2. The summed E-state index contributed by atoms with van der Waals surface area (Å²) in [4.78, 5) is 16.7. The number of piperidine rings is 2. The van der Waals surface area contributed by atoms with E-state index in [-0.39, 0.29) is 35.3 Å². The molecule has 27 heavy (non-hydrogen) atoms. The molecule has 0 bridgehead atoms. The van der Waals surface area contributed by atoms with Crippen molar-refractivity contribution in [2.24, 2.45) is 18.9 Å². The zero-order valence-electron chi connectivity index (χ0n) is 16.1. The summed E-state index contributed by atoms with van der Waals surface area (Å²) in [6, 6.07) is 0.162. The van der Waals surface area contributed by atoms with Gasteiger partial charge in [0, 0.05) is 44.8 Å². The van der Waals surface area contributed by atoms with Crippen molar-refractivity contribution in [1.82, 2.24) is 24.5 Å². The normalized spacial score (nSPS) is 25.0. The van der Waals surface area contributed by atoms with Gasteiger partial charge in [-0.1, -0.05) is 6.92 Å². The van der Waals surface area contributed by atoms with Crippen LogP contribution in [0.15, 0.2) is 11.2 Å². The molecule has 0 spiro atoms. The van der Waals surface area contributed by atoms with Crippen LogP contribution in [-0.2, 0) is 21.9 Å². The van der Waals surface area contributed by atoms with Crippen LogP contribution in [0, 0.1) is 18.8 Å². The smallest absolute Gasteiger partial charge is 0.262 e. The van der Waals surface area contributed by atoms with Crippen molar-refractivity contribution in [2.75, 3.05) is 26.2 Å². The predicted octanol–water partition coefficient (Wildman–Crippen LogP) is 0.665. The largest absolute Gasteiger partial charge is 0.352 e. The molecule has 2 unspecified atom stereocenters. The fourth-order valence-corrected chi connectivity index (χ4v) is 5.12. The molecule has 1 aromatic rings. The van der Waals surface area contributed by atoms with Gasteiger partial charge in [0.25, 0.3) is 10.0 Å². The van der Waals surface area contributed by atoms with E-state index in [0.29, 0.717) is 37.7 Å². The number of rotatable bonds is 4. The first-order valence-corrected chi connectivity index (χ1v) is 10.7. The molecule has 1 amide bonds. The maximum absolute atomic E-state index is 12.7. The first-order chi connectivity index (χ1) is 12.3. The second-order valence-corrected chi connectivity index (χ2v) is 9.39. The number of halogens is 1. The molecular weight excluding hydrogens is 390 g/mol. The number of amides is 1. The van der Waals surface area contributed by atoms with E-state index in [1.165, 1.54) is 4.31 Å². The van der Waals surface area contributed by atoms with Gasteiger partial charge in [0.15, 0.2) is 5.03 Å². The van der Waals surface area contributed by atoms with Crippen molar-refractivity contribution in [1.29, 1.82) is 0 Å². The Kier molecular flexibility index (Phi) is 7.29. The van der Waals surface area contributed by atoms with Gasteiger partial charge in [-0.05, 0) is 38.6 Å². The molecular formula is C17H30ClN5O3S. The highest BCUT2D eigenvalue weighted by Crippen LogP contribution is 2.24. The Hall–Kier alpha value is -1.16. The first-order valence-electron chi connectivity index (χ1n) is 9.30. The Labute approximate surface area is 167 Å². The van der Waals surface area contributed by atoms with E-state index < -0.39 is 10.0 Å². The molecule has 10 heteroatoms. The summed E-state index contributed by atoms with van der Waals surface area (Å²) in [5.41, 5.74) is 0. The molecule has 2 saturated heterocycles. The number of carbonyl (C=O) groups excluding carboxylic acids is 1. The number of carbonyl (C=O) groups is 1. The fourth-order valence-electron chi connectivity index (χ4n) is 3.62. The van der Waals surface area contributed by atoms with E-state index in [4.69, 9.17) is 0 Å². The Balaban J connectivity index is 0.00000261. The lowest BCUT2D eigenvalue weighted by atomic mass is 9.92. The quantitative estimate of drug-likeness (QED) is 0.747. The summed E-state index contributed by atoms with van der Waals surface area (Å²) in [5, 5.41) is 6.55. The monoisotopic (exact) mass is 419 g/mol. The Morgan fingerprint density at radius 1 is 1.30 bits per heavy atom. The van der Waals surface area contributed by atoms with Crippen LogP contribution in [0.2, 0.25) is 0 Å². The lowest BCUT2D eigenvalue weighted by molar-refractivity contribution is -0.127. The maximum atomic E-state index is 12.7. The van der Waals surface area contributed by atoms with Crippen molar-refractivity contribution in [2.45, 2.75) is 44.2 Å². The van der Waals surface area contributed by atoms with Gasteiger partial charge in [-0.2, -0.15) is 4.31 Å². The van der Waals surface area contributed by atoms with Crippen LogP contribution < -0.4 is 10.6 Å². The van der Waals surface area contributed by atoms with E-state index in [9.17, 15) is 13.2 Å². The van der Waals surface area contributed by atoms with Crippen LogP contribution in [0.5, 0.6) is 0 Å². The molecule has 2 atom stereocenters. The Morgan fingerprint density at radius 2 is 1.96 bits per heavy atom. The van der Waals surface area contributed by atoms with E-state index in [1.54, 1.807) is 24.7 Å². The summed E-state index contributed by atoms with van der Waals surface area (Å²) >= 11 is 0. The highest BCUT2D eigenvalue weighted by Gasteiger charge is 2.34. The molecule has 3 rings (SSSR count). The highest BCUT2D eigenvalue weighted by atomic mass is 35.5. The molecule has 8 nitrogen and oxygen atoms in total. The third-order valence-electron chi connectivity index (χ3n) is 5.67. The summed E-state index contributed by atoms with van der Waals surface area (Å²) in [6.07, 6.45) is 3.70. The predicted molar refractivity (Wildman–Crippen MR) is 105 cm³/mol. The van der Waals surface area contributed by atoms with Gasteiger partial charge >= 0.3 is 0 Å². The molecule has 2 aliphatic rings. The molecule has 2 fully saturated rings. The Morgan fingerprint density at radius 3 is 2.52 bits per heavy atom. The van der Waals surface area contributed by atoms with E-state index >= 15 is 0 Å². The SMILES string of the molecule is Cc1nc(S(=O)(=O)N2CCC(C(=O)NC3CNCCC3C)CC2)cn1C.Cl. The fraction of sp³-hybridized carbons (Fsp3) is 0.765. The second-order valence-electron chi connectivity index (χ2n) is 7.50. The summed E-state index contributed by atoms with van der Waals surface area (Å²) in [7, 11) is -1.81. The minimum absolute atomic E-state index is 0. The van der Waals surface area contributed by atoms with Crippen LogP contribution >= 0.6 is 12.4 Å². The van der Waals surface area contributed by atoms with Gasteiger partial charge in [0.05, 0.1) is 0 Å². The van der Waals surface area contributed by atoms with E-state index in [1.807, 2.05) is 0 Å². The first kappa shape index (κ1) is 22.1. The second kappa shape index (κ2) is 8.89. The average molecular weight is 420 g/mol. The molecule has 2 N–H and O–H groups in total. The van der Waals surface area contributed by atoms with Crippen molar-refractivity contribution in [3.63, 3.8) is 0 Å². The highest BCUT2D eigenvalue weighted by molar-refractivity contribution is 7.89. The summed E-state index contributed by atoms with van der Waals surface area (Å²) < 4.78 is 28.6. The standard InChI is InChI=1S/C17H29N5O3S.ClH/c1-12-4-7-18-10-15(12)20-17(23)14-5-8-22(9-6-14)26(24,25)16-11-21(3)13(2)19-16;/h11-12,14-15,18H,4-10H2,1-3H3,(H,20,23);1H. The lowest BCUT2D eigenvalue weighted by Gasteiger charge is -2.34. The van der Waals surface area contributed by atoms with Gasteiger partial charge < -0.3 is 15.2 Å². The van der Waals surface area contributed by atoms with Crippen LogP contribution in [0.25, 0.3) is 0 Å². The number of nitrogens with zero attached hydrogens (tertiary/aromatic N) is 3.